The summed E-state index contributed by atoms with van der Waals surface area (Å²) in [6.45, 7) is 0. The lowest BCUT2D eigenvalue weighted by Gasteiger charge is -2.38. The lowest BCUT2D eigenvalue weighted by atomic mass is 9.72. The molecule has 2 saturated carbocycles. The first-order valence-corrected chi connectivity index (χ1v) is 10.8. The molecular formula is C25H26N4. The number of nitrogens with zero attached hydrogens (tertiary/aromatic N) is 3. The van der Waals surface area contributed by atoms with Gasteiger partial charge in [0, 0.05) is 23.4 Å². The van der Waals surface area contributed by atoms with Gasteiger partial charge in [0.25, 0.3) is 0 Å². The average molecular weight is 383 g/mol. The standard InChI is InChI=1S/C25H26N4/c26-25(14-4-15-25)20-11-9-18(10-12-20)22-23(19-5-2-1-3-6-19)29-16-13-21(17-7-8-17)27-24(29)28-22/h1-3,5-6,9-13,16-17,22-23H,4,7-8,14-15,26H2. The molecule has 0 radical (unpaired) electrons. The van der Waals surface area contributed by atoms with E-state index in [0.717, 1.165) is 18.8 Å². The maximum Gasteiger partial charge on any atom is 0.226 e. The normalized spacial score (nSPS) is 27.1. The molecule has 2 aromatic rings. The van der Waals surface area contributed by atoms with Gasteiger partial charge in [0.1, 0.15) is 6.04 Å². The fraction of sp³-hybridized carbons (Fsp3) is 0.360. The Bertz CT molecular complexity index is 1010. The highest BCUT2D eigenvalue weighted by molar-refractivity contribution is 6.08. The van der Waals surface area contributed by atoms with Crippen LogP contribution < -0.4 is 5.73 Å². The predicted octanol–water partition coefficient (Wildman–Crippen LogP) is 4.86. The molecule has 2 atom stereocenters. The Labute approximate surface area is 171 Å². The third kappa shape index (κ3) is 2.85. The molecule has 4 nitrogen and oxygen atoms in total. The van der Waals surface area contributed by atoms with E-state index in [1.165, 1.54) is 41.7 Å². The van der Waals surface area contributed by atoms with Crippen molar-refractivity contribution in [1.82, 2.24) is 4.90 Å². The van der Waals surface area contributed by atoms with E-state index in [-0.39, 0.29) is 17.6 Å². The number of rotatable bonds is 4. The summed E-state index contributed by atoms with van der Waals surface area (Å²) in [5.41, 5.74) is 11.3. The van der Waals surface area contributed by atoms with Crippen molar-refractivity contribution in [2.45, 2.75) is 49.7 Å². The van der Waals surface area contributed by atoms with Crippen LogP contribution in [0.25, 0.3) is 0 Å². The van der Waals surface area contributed by atoms with Crippen molar-refractivity contribution in [3.05, 3.63) is 83.6 Å². The van der Waals surface area contributed by atoms with Gasteiger partial charge in [-0.05, 0) is 54.9 Å². The van der Waals surface area contributed by atoms with Crippen LogP contribution in [0.15, 0.2) is 76.9 Å². The molecule has 2 N–H and O–H groups in total. The number of hydrogen-bond acceptors (Lipinski definition) is 4. The van der Waals surface area contributed by atoms with Crippen LogP contribution in [-0.4, -0.2) is 16.6 Å². The summed E-state index contributed by atoms with van der Waals surface area (Å²) in [6, 6.07) is 19.7. The van der Waals surface area contributed by atoms with Crippen molar-refractivity contribution in [2.24, 2.45) is 21.6 Å². The summed E-state index contributed by atoms with van der Waals surface area (Å²) >= 11 is 0. The van der Waals surface area contributed by atoms with E-state index in [0.29, 0.717) is 5.92 Å². The molecule has 2 aliphatic carbocycles. The van der Waals surface area contributed by atoms with Crippen LogP contribution in [0.1, 0.15) is 60.9 Å². The van der Waals surface area contributed by atoms with E-state index in [2.05, 4.69) is 71.8 Å². The summed E-state index contributed by atoms with van der Waals surface area (Å²) in [5, 5.41) is 0. The molecule has 4 heteroatoms. The zero-order chi connectivity index (χ0) is 19.4. The second-order valence-electron chi connectivity index (χ2n) is 8.90. The van der Waals surface area contributed by atoms with Crippen LogP contribution in [-0.2, 0) is 5.54 Å². The number of nitrogens with two attached hydrogens (primary N) is 1. The highest BCUT2D eigenvalue weighted by atomic mass is 15.4. The van der Waals surface area contributed by atoms with Gasteiger partial charge in [-0.15, -0.1) is 0 Å². The molecule has 0 bridgehead atoms. The summed E-state index contributed by atoms with van der Waals surface area (Å²) in [7, 11) is 0. The minimum Gasteiger partial charge on any atom is -0.321 e. The zero-order valence-corrected chi connectivity index (χ0v) is 16.5. The summed E-state index contributed by atoms with van der Waals surface area (Å²) in [5.74, 6) is 1.49. The van der Waals surface area contributed by atoms with Gasteiger partial charge in [-0.25, -0.2) is 9.98 Å². The molecule has 0 amide bonds. The first-order valence-electron chi connectivity index (χ1n) is 10.8. The average Bonchev–Trinajstić information content (AvgIpc) is 3.53. The Morgan fingerprint density at radius 1 is 0.931 bits per heavy atom. The minimum absolute atomic E-state index is 0.0310. The first-order chi connectivity index (χ1) is 14.2. The van der Waals surface area contributed by atoms with Crippen molar-refractivity contribution in [3.8, 4) is 0 Å². The van der Waals surface area contributed by atoms with Crippen LogP contribution >= 0.6 is 0 Å². The van der Waals surface area contributed by atoms with Crippen molar-refractivity contribution >= 4 is 11.7 Å². The number of benzene rings is 2. The van der Waals surface area contributed by atoms with Crippen molar-refractivity contribution in [3.63, 3.8) is 0 Å². The van der Waals surface area contributed by atoms with E-state index in [1.807, 2.05) is 0 Å². The number of fused-ring (bicyclic) bond motifs is 1. The number of allylic oxidation sites excluding steroid dienone is 1. The fourth-order valence-electron chi connectivity index (χ4n) is 4.81. The van der Waals surface area contributed by atoms with Crippen molar-refractivity contribution in [2.75, 3.05) is 0 Å². The Morgan fingerprint density at radius 2 is 1.69 bits per heavy atom. The predicted molar refractivity (Wildman–Crippen MR) is 117 cm³/mol. The Hall–Kier alpha value is -2.72. The quantitative estimate of drug-likeness (QED) is 0.821. The van der Waals surface area contributed by atoms with E-state index in [9.17, 15) is 0 Å². The topological polar surface area (TPSA) is 54.0 Å². The molecule has 2 heterocycles. The van der Waals surface area contributed by atoms with Gasteiger partial charge in [0.15, 0.2) is 0 Å². The van der Waals surface area contributed by atoms with Crippen LogP contribution in [0.5, 0.6) is 0 Å². The van der Waals surface area contributed by atoms with Gasteiger partial charge in [-0.2, -0.15) is 0 Å². The summed E-state index contributed by atoms with van der Waals surface area (Å²) < 4.78 is 0. The highest BCUT2D eigenvalue weighted by Gasteiger charge is 2.40. The molecular weight excluding hydrogens is 356 g/mol. The maximum atomic E-state index is 6.53. The molecule has 2 fully saturated rings. The monoisotopic (exact) mass is 382 g/mol. The van der Waals surface area contributed by atoms with Crippen molar-refractivity contribution in [1.29, 1.82) is 0 Å². The smallest absolute Gasteiger partial charge is 0.226 e. The van der Waals surface area contributed by atoms with E-state index < -0.39 is 0 Å². The molecule has 4 aliphatic rings. The summed E-state index contributed by atoms with van der Waals surface area (Å²) in [6.07, 6.45) is 10.3. The minimum atomic E-state index is -0.122. The molecule has 2 unspecified atom stereocenters. The van der Waals surface area contributed by atoms with Crippen LogP contribution in [0.2, 0.25) is 0 Å². The highest BCUT2D eigenvalue weighted by Crippen LogP contribution is 2.45. The number of guanidine groups is 1. The van der Waals surface area contributed by atoms with E-state index in [1.54, 1.807) is 0 Å². The zero-order valence-electron chi connectivity index (χ0n) is 16.5. The molecule has 2 aliphatic heterocycles. The van der Waals surface area contributed by atoms with Crippen LogP contribution in [0.4, 0.5) is 0 Å². The molecule has 2 aromatic carbocycles. The molecule has 29 heavy (non-hydrogen) atoms. The number of hydrogen-bond donors (Lipinski definition) is 1. The van der Waals surface area contributed by atoms with E-state index in [4.69, 9.17) is 15.7 Å². The largest absolute Gasteiger partial charge is 0.321 e. The third-order valence-corrected chi connectivity index (χ3v) is 6.93. The van der Waals surface area contributed by atoms with Gasteiger partial charge in [0.05, 0.1) is 6.04 Å². The van der Waals surface area contributed by atoms with Crippen molar-refractivity contribution < 1.29 is 0 Å². The lowest BCUT2D eigenvalue weighted by molar-refractivity contribution is 0.253. The lowest BCUT2D eigenvalue weighted by Crippen LogP contribution is -2.43. The van der Waals surface area contributed by atoms with Gasteiger partial charge in [-0.3, -0.25) is 0 Å². The van der Waals surface area contributed by atoms with Gasteiger partial charge in [-0.1, -0.05) is 54.6 Å². The molecule has 0 spiro atoms. The Morgan fingerprint density at radius 3 is 2.34 bits per heavy atom. The SMILES string of the molecule is NC1(c2ccc(C3N=C4N=C(C5CC5)C=CN4C3c3ccccc3)cc2)CCC1. The van der Waals surface area contributed by atoms with Crippen LogP contribution in [0.3, 0.4) is 0 Å². The number of aliphatic imine (C=N–C) groups is 2. The van der Waals surface area contributed by atoms with Gasteiger partial charge >= 0.3 is 0 Å². The fourth-order valence-corrected chi connectivity index (χ4v) is 4.81. The second-order valence-corrected chi connectivity index (χ2v) is 8.90. The molecule has 0 aromatic heterocycles. The second kappa shape index (κ2) is 6.39. The summed E-state index contributed by atoms with van der Waals surface area (Å²) in [4.78, 5) is 12.3. The van der Waals surface area contributed by atoms with Gasteiger partial charge < -0.3 is 10.6 Å². The molecule has 146 valence electrons. The molecule has 6 rings (SSSR count). The maximum absolute atomic E-state index is 6.53. The Balaban J connectivity index is 1.38. The Kier molecular flexibility index (Phi) is 3.78. The first kappa shape index (κ1) is 17.2. The van der Waals surface area contributed by atoms with E-state index >= 15 is 0 Å². The third-order valence-electron chi connectivity index (χ3n) is 6.93. The van der Waals surface area contributed by atoms with Crippen LogP contribution in [0, 0.1) is 5.92 Å². The molecule has 0 saturated heterocycles. The van der Waals surface area contributed by atoms with Gasteiger partial charge in [0.2, 0.25) is 5.96 Å².